The van der Waals surface area contributed by atoms with Crippen molar-refractivity contribution in [2.45, 2.75) is 25.9 Å². The molecule has 0 spiro atoms. The maximum Gasteiger partial charge on any atom is 0.316 e. The molecular formula is C16H17BrN4O2. The molecule has 0 radical (unpaired) electrons. The lowest BCUT2D eigenvalue weighted by atomic mass is 10.1. The van der Waals surface area contributed by atoms with E-state index in [9.17, 15) is 4.79 Å². The molecule has 0 aromatic carbocycles. The van der Waals surface area contributed by atoms with Crippen LogP contribution >= 0.6 is 15.9 Å². The molecule has 0 aliphatic carbocycles. The monoisotopic (exact) mass is 376 g/mol. The molecule has 1 saturated heterocycles. The fourth-order valence-corrected chi connectivity index (χ4v) is 2.84. The van der Waals surface area contributed by atoms with Gasteiger partial charge in [-0.25, -0.2) is 9.97 Å². The largest absolute Gasteiger partial charge is 0.460 e. The zero-order valence-corrected chi connectivity index (χ0v) is 14.4. The van der Waals surface area contributed by atoms with Gasteiger partial charge in [0.25, 0.3) is 5.91 Å². The second-order valence-electron chi connectivity index (χ2n) is 5.54. The second kappa shape index (κ2) is 7.04. The predicted molar refractivity (Wildman–Crippen MR) is 88.3 cm³/mol. The minimum atomic E-state index is 0.00355. The first-order valence-electron chi connectivity index (χ1n) is 7.47. The summed E-state index contributed by atoms with van der Waals surface area (Å²) in [7, 11) is 0. The number of aromatic nitrogens is 3. The van der Waals surface area contributed by atoms with Crippen molar-refractivity contribution in [1.29, 1.82) is 0 Å². The standard InChI is InChI=1S/C16H17BrN4O2/c1-11-7-19-16(20-8-11)23-14-2-4-21(5-3-14)15(22)12-6-13(17)10-18-9-12/h6-10,14H,2-5H2,1H3. The SMILES string of the molecule is Cc1cnc(OC2CCN(C(=O)c3cncc(Br)c3)CC2)nc1. The number of ether oxygens (including phenoxy) is 1. The normalized spacial score (nSPS) is 15.5. The number of nitrogens with zero attached hydrogens (tertiary/aromatic N) is 4. The molecular weight excluding hydrogens is 360 g/mol. The lowest BCUT2D eigenvalue weighted by molar-refractivity contribution is 0.0578. The zero-order valence-electron chi connectivity index (χ0n) is 12.8. The fraction of sp³-hybridized carbons (Fsp3) is 0.375. The average Bonchev–Trinajstić information content (AvgIpc) is 2.57. The third kappa shape index (κ3) is 4.04. The Morgan fingerprint density at radius 3 is 2.57 bits per heavy atom. The van der Waals surface area contributed by atoms with Crippen LogP contribution in [0.3, 0.4) is 0 Å². The van der Waals surface area contributed by atoms with E-state index in [1.165, 1.54) is 0 Å². The van der Waals surface area contributed by atoms with Crippen molar-refractivity contribution >= 4 is 21.8 Å². The van der Waals surface area contributed by atoms with Crippen molar-refractivity contribution in [1.82, 2.24) is 19.9 Å². The molecule has 120 valence electrons. The van der Waals surface area contributed by atoms with E-state index >= 15 is 0 Å². The molecule has 0 saturated carbocycles. The summed E-state index contributed by atoms with van der Waals surface area (Å²) >= 11 is 3.34. The zero-order chi connectivity index (χ0) is 16.2. The maximum absolute atomic E-state index is 12.5. The Labute approximate surface area is 143 Å². The molecule has 2 aromatic rings. The highest BCUT2D eigenvalue weighted by Gasteiger charge is 2.25. The Bertz CT molecular complexity index is 685. The summed E-state index contributed by atoms with van der Waals surface area (Å²) in [6.45, 7) is 3.24. The Balaban J connectivity index is 1.55. The summed E-state index contributed by atoms with van der Waals surface area (Å²) in [6.07, 6.45) is 8.31. The van der Waals surface area contributed by atoms with Crippen LogP contribution in [0.25, 0.3) is 0 Å². The number of piperidine rings is 1. The molecule has 0 atom stereocenters. The smallest absolute Gasteiger partial charge is 0.316 e. The maximum atomic E-state index is 12.5. The van der Waals surface area contributed by atoms with E-state index in [2.05, 4.69) is 30.9 Å². The number of rotatable bonds is 3. The van der Waals surface area contributed by atoms with Gasteiger partial charge in [0, 0.05) is 55.2 Å². The molecule has 1 fully saturated rings. The van der Waals surface area contributed by atoms with Crippen LogP contribution < -0.4 is 4.74 Å². The van der Waals surface area contributed by atoms with Gasteiger partial charge in [-0.1, -0.05) is 0 Å². The highest BCUT2D eigenvalue weighted by Crippen LogP contribution is 2.18. The molecule has 3 heterocycles. The second-order valence-corrected chi connectivity index (χ2v) is 6.46. The van der Waals surface area contributed by atoms with Gasteiger partial charge in [0.15, 0.2) is 0 Å². The molecule has 2 aromatic heterocycles. The molecule has 1 aliphatic rings. The highest BCUT2D eigenvalue weighted by molar-refractivity contribution is 9.10. The summed E-state index contributed by atoms with van der Waals surface area (Å²) in [4.78, 5) is 26.6. The van der Waals surface area contributed by atoms with Crippen molar-refractivity contribution in [2.24, 2.45) is 0 Å². The molecule has 7 heteroatoms. The first kappa shape index (κ1) is 15.9. The quantitative estimate of drug-likeness (QED) is 0.823. The number of halogens is 1. The third-order valence-corrected chi connectivity index (χ3v) is 4.14. The summed E-state index contributed by atoms with van der Waals surface area (Å²) in [5.74, 6) is 0.00355. The van der Waals surface area contributed by atoms with Crippen LogP contribution in [0.5, 0.6) is 6.01 Å². The van der Waals surface area contributed by atoms with Crippen molar-refractivity contribution in [2.75, 3.05) is 13.1 Å². The number of carbonyl (C=O) groups excluding carboxylic acids is 1. The van der Waals surface area contributed by atoms with Crippen molar-refractivity contribution in [3.05, 3.63) is 46.5 Å². The molecule has 1 amide bonds. The molecule has 3 rings (SSSR count). The van der Waals surface area contributed by atoms with E-state index in [0.717, 1.165) is 22.9 Å². The third-order valence-electron chi connectivity index (χ3n) is 3.71. The van der Waals surface area contributed by atoms with Crippen LogP contribution in [0.4, 0.5) is 0 Å². The summed E-state index contributed by atoms with van der Waals surface area (Å²) in [6, 6.07) is 2.19. The lowest BCUT2D eigenvalue weighted by Crippen LogP contribution is -2.42. The van der Waals surface area contributed by atoms with Crippen molar-refractivity contribution in [3.8, 4) is 6.01 Å². The van der Waals surface area contributed by atoms with Gasteiger partial charge in [-0.15, -0.1) is 0 Å². The number of hydrogen-bond donors (Lipinski definition) is 0. The minimum Gasteiger partial charge on any atom is -0.460 e. The molecule has 0 bridgehead atoms. The average molecular weight is 377 g/mol. The lowest BCUT2D eigenvalue weighted by Gasteiger charge is -2.31. The highest BCUT2D eigenvalue weighted by atomic mass is 79.9. The summed E-state index contributed by atoms with van der Waals surface area (Å²) < 4.78 is 6.59. The number of pyridine rings is 1. The minimum absolute atomic E-state index is 0.00355. The van der Waals surface area contributed by atoms with Crippen LogP contribution in [0.15, 0.2) is 35.3 Å². The first-order valence-corrected chi connectivity index (χ1v) is 8.26. The van der Waals surface area contributed by atoms with Gasteiger partial charge in [-0.3, -0.25) is 9.78 Å². The van der Waals surface area contributed by atoms with E-state index in [4.69, 9.17) is 4.74 Å². The number of hydrogen-bond acceptors (Lipinski definition) is 5. The van der Waals surface area contributed by atoms with Crippen LogP contribution in [0, 0.1) is 6.92 Å². The Kier molecular flexibility index (Phi) is 4.85. The predicted octanol–water partition coefficient (Wildman–Crippen LogP) is 2.63. The van der Waals surface area contributed by atoms with Gasteiger partial charge in [-0.2, -0.15) is 0 Å². The van der Waals surface area contributed by atoms with Crippen molar-refractivity contribution in [3.63, 3.8) is 0 Å². The number of aryl methyl sites for hydroxylation is 1. The van der Waals surface area contributed by atoms with Gasteiger partial charge in [0.2, 0.25) is 0 Å². The summed E-state index contributed by atoms with van der Waals surface area (Å²) in [5.41, 5.74) is 1.60. The van der Waals surface area contributed by atoms with Crippen molar-refractivity contribution < 1.29 is 9.53 Å². The van der Waals surface area contributed by atoms with Gasteiger partial charge >= 0.3 is 6.01 Å². The van der Waals surface area contributed by atoms with Crippen LogP contribution in [-0.2, 0) is 0 Å². The van der Waals surface area contributed by atoms with Crippen LogP contribution in [-0.4, -0.2) is 45.0 Å². The topological polar surface area (TPSA) is 68.2 Å². The number of likely N-dealkylation sites (tertiary alicyclic amines) is 1. The number of carbonyl (C=O) groups is 1. The van der Waals surface area contributed by atoms with Gasteiger partial charge < -0.3 is 9.64 Å². The Hall–Kier alpha value is -2.02. The van der Waals surface area contributed by atoms with Crippen LogP contribution in [0.2, 0.25) is 0 Å². The van der Waals surface area contributed by atoms with Gasteiger partial charge in [0.1, 0.15) is 6.10 Å². The summed E-state index contributed by atoms with van der Waals surface area (Å²) in [5, 5.41) is 0. The van der Waals surface area contributed by atoms with E-state index < -0.39 is 0 Å². The fourth-order valence-electron chi connectivity index (χ4n) is 2.48. The first-order chi connectivity index (χ1) is 11.1. The van der Waals surface area contributed by atoms with E-state index in [0.29, 0.717) is 24.7 Å². The Morgan fingerprint density at radius 1 is 1.22 bits per heavy atom. The molecule has 0 unspecified atom stereocenters. The Morgan fingerprint density at radius 2 is 1.91 bits per heavy atom. The van der Waals surface area contributed by atoms with Gasteiger partial charge in [0.05, 0.1) is 5.56 Å². The number of amides is 1. The van der Waals surface area contributed by atoms with Crippen LogP contribution in [0.1, 0.15) is 28.8 Å². The molecule has 0 N–H and O–H groups in total. The van der Waals surface area contributed by atoms with E-state index in [-0.39, 0.29) is 12.0 Å². The molecule has 6 nitrogen and oxygen atoms in total. The van der Waals surface area contributed by atoms with E-state index in [1.807, 2.05) is 11.8 Å². The molecule has 1 aliphatic heterocycles. The van der Waals surface area contributed by atoms with E-state index in [1.54, 1.807) is 30.9 Å². The molecule has 23 heavy (non-hydrogen) atoms. The van der Waals surface area contributed by atoms with Gasteiger partial charge in [-0.05, 0) is 34.5 Å².